The van der Waals surface area contributed by atoms with Crippen LogP contribution in [0.25, 0.3) is 0 Å². The molecule has 0 bridgehead atoms. The zero-order chi connectivity index (χ0) is 14.4. The minimum absolute atomic E-state index is 0.00347. The molecule has 2 amide bonds. The molecule has 1 aromatic carbocycles. The van der Waals surface area contributed by atoms with E-state index < -0.39 is 0 Å². The summed E-state index contributed by atoms with van der Waals surface area (Å²) in [6.07, 6.45) is 0.353. The highest BCUT2D eigenvalue weighted by Crippen LogP contribution is 2.13. The van der Waals surface area contributed by atoms with Crippen molar-refractivity contribution in [3.05, 3.63) is 29.8 Å². The topological polar surface area (TPSA) is 70.2 Å². The average molecular weight is 293 g/mol. The maximum absolute atomic E-state index is 12.0. The normalized spacial score (nSPS) is 18.4. The molecule has 0 radical (unpaired) electrons. The maximum atomic E-state index is 12.0. The number of carbonyl (C=O) groups excluding carboxylic acids is 2. The van der Waals surface area contributed by atoms with Crippen molar-refractivity contribution in [2.75, 3.05) is 30.4 Å². The standard InChI is InChI=1S/C14H19N3O2S/c1-15-13(18)8-10-2-4-11(5-3-10)17-14(19)12-9-20-7-6-16-12/h2-5,12,16H,6-9H2,1H3,(H,15,18)(H,17,19). The van der Waals surface area contributed by atoms with Crippen molar-refractivity contribution in [2.24, 2.45) is 0 Å². The molecule has 0 aromatic heterocycles. The van der Waals surface area contributed by atoms with Gasteiger partial charge in [0.05, 0.1) is 12.5 Å². The van der Waals surface area contributed by atoms with Crippen molar-refractivity contribution in [3.63, 3.8) is 0 Å². The smallest absolute Gasteiger partial charge is 0.242 e. The lowest BCUT2D eigenvalue weighted by Crippen LogP contribution is -2.46. The zero-order valence-corrected chi connectivity index (χ0v) is 12.3. The van der Waals surface area contributed by atoms with E-state index in [2.05, 4.69) is 16.0 Å². The van der Waals surface area contributed by atoms with Gasteiger partial charge in [-0.3, -0.25) is 9.59 Å². The molecule has 1 unspecified atom stereocenters. The van der Waals surface area contributed by atoms with Gasteiger partial charge in [-0.2, -0.15) is 11.8 Å². The third-order valence-electron chi connectivity index (χ3n) is 3.10. The lowest BCUT2D eigenvalue weighted by atomic mass is 10.1. The van der Waals surface area contributed by atoms with Crippen LogP contribution in [0.1, 0.15) is 5.56 Å². The molecule has 2 rings (SSSR count). The first-order chi connectivity index (χ1) is 9.69. The Labute approximate surface area is 122 Å². The van der Waals surface area contributed by atoms with Gasteiger partial charge >= 0.3 is 0 Å². The zero-order valence-electron chi connectivity index (χ0n) is 11.4. The average Bonchev–Trinajstić information content (AvgIpc) is 2.50. The van der Waals surface area contributed by atoms with Gasteiger partial charge in [0, 0.05) is 30.8 Å². The Balaban J connectivity index is 1.89. The first-order valence-electron chi connectivity index (χ1n) is 6.60. The number of anilines is 1. The van der Waals surface area contributed by atoms with Crippen LogP contribution in [0.2, 0.25) is 0 Å². The maximum Gasteiger partial charge on any atom is 0.242 e. The minimum Gasteiger partial charge on any atom is -0.359 e. The van der Waals surface area contributed by atoms with Crippen LogP contribution < -0.4 is 16.0 Å². The van der Waals surface area contributed by atoms with Gasteiger partial charge < -0.3 is 16.0 Å². The Morgan fingerprint density at radius 2 is 2.10 bits per heavy atom. The van der Waals surface area contributed by atoms with Gasteiger partial charge in [0.15, 0.2) is 0 Å². The molecule has 1 fully saturated rings. The third kappa shape index (κ3) is 4.25. The van der Waals surface area contributed by atoms with Gasteiger partial charge in [-0.25, -0.2) is 0 Å². The van der Waals surface area contributed by atoms with E-state index >= 15 is 0 Å². The first kappa shape index (κ1) is 14.9. The van der Waals surface area contributed by atoms with Crippen molar-refractivity contribution in [1.29, 1.82) is 0 Å². The molecular weight excluding hydrogens is 274 g/mol. The summed E-state index contributed by atoms with van der Waals surface area (Å²) in [5, 5.41) is 8.67. The second-order valence-corrected chi connectivity index (χ2v) is 5.77. The molecule has 0 saturated carbocycles. The predicted molar refractivity (Wildman–Crippen MR) is 82.0 cm³/mol. The number of hydrogen-bond acceptors (Lipinski definition) is 4. The number of nitrogens with one attached hydrogen (secondary N) is 3. The van der Waals surface area contributed by atoms with Crippen LogP contribution in [0.3, 0.4) is 0 Å². The van der Waals surface area contributed by atoms with E-state index in [1.807, 2.05) is 24.3 Å². The van der Waals surface area contributed by atoms with E-state index in [9.17, 15) is 9.59 Å². The van der Waals surface area contributed by atoms with E-state index in [1.165, 1.54) is 0 Å². The van der Waals surface area contributed by atoms with Crippen molar-refractivity contribution in [3.8, 4) is 0 Å². The van der Waals surface area contributed by atoms with E-state index in [0.29, 0.717) is 6.42 Å². The Bertz CT molecular complexity index is 470. The fourth-order valence-electron chi connectivity index (χ4n) is 1.94. The highest BCUT2D eigenvalue weighted by atomic mass is 32.2. The molecule has 1 aliphatic heterocycles. The molecule has 20 heavy (non-hydrogen) atoms. The molecule has 3 N–H and O–H groups in total. The van der Waals surface area contributed by atoms with Crippen LogP contribution in [-0.2, 0) is 16.0 Å². The molecule has 0 aliphatic carbocycles. The summed E-state index contributed by atoms with van der Waals surface area (Å²) in [6, 6.07) is 7.24. The van der Waals surface area contributed by atoms with E-state index in [4.69, 9.17) is 0 Å². The Kier molecular flexibility index (Phi) is 5.43. The van der Waals surface area contributed by atoms with Crippen molar-refractivity contribution >= 4 is 29.3 Å². The highest BCUT2D eigenvalue weighted by Gasteiger charge is 2.20. The van der Waals surface area contributed by atoms with Gasteiger partial charge in [-0.05, 0) is 17.7 Å². The number of benzene rings is 1. The molecular formula is C14H19N3O2S. The predicted octanol–water partition coefficient (Wildman–Crippen LogP) is 0.619. The molecule has 5 nitrogen and oxygen atoms in total. The summed E-state index contributed by atoms with van der Waals surface area (Å²) >= 11 is 1.79. The molecule has 108 valence electrons. The summed E-state index contributed by atoms with van der Waals surface area (Å²) in [5.74, 6) is 1.83. The van der Waals surface area contributed by atoms with Crippen LogP contribution in [0, 0.1) is 0 Å². The van der Waals surface area contributed by atoms with Gasteiger partial charge in [-0.15, -0.1) is 0 Å². The van der Waals surface area contributed by atoms with Crippen LogP contribution in [-0.4, -0.2) is 43.0 Å². The number of hydrogen-bond donors (Lipinski definition) is 3. The quantitative estimate of drug-likeness (QED) is 0.761. The van der Waals surface area contributed by atoms with Gasteiger partial charge in [0.1, 0.15) is 0 Å². The second kappa shape index (κ2) is 7.31. The fraction of sp³-hybridized carbons (Fsp3) is 0.429. The van der Waals surface area contributed by atoms with Gasteiger partial charge in [0.25, 0.3) is 0 Å². The summed E-state index contributed by atoms with van der Waals surface area (Å²) in [5.41, 5.74) is 1.68. The van der Waals surface area contributed by atoms with E-state index in [0.717, 1.165) is 29.3 Å². The first-order valence-corrected chi connectivity index (χ1v) is 7.76. The fourth-order valence-corrected chi connectivity index (χ4v) is 2.88. The molecule has 1 aliphatic rings. The summed E-state index contributed by atoms with van der Waals surface area (Å²) in [7, 11) is 1.62. The lowest BCUT2D eigenvalue weighted by Gasteiger charge is -2.22. The number of likely N-dealkylation sites (N-methyl/N-ethyl adjacent to an activating group) is 1. The molecule has 6 heteroatoms. The molecule has 1 atom stereocenters. The Morgan fingerprint density at radius 1 is 1.35 bits per heavy atom. The summed E-state index contributed by atoms with van der Waals surface area (Å²) < 4.78 is 0. The van der Waals surface area contributed by atoms with Crippen LogP contribution in [0.5, 0.6) is 0 Å². The SMILES string of the molecule is CNC(=O)Cc1ccc(NC(=O)C2CSCCN2)cc1. The van der Waals surface area contributed by atoms with E-state index in [-0.39, 0.29) is 17.9 Å². The largest absolute Gasteiger partial charge is 0.359 e. The molecule has 1 heterocycles. The van der Waals surface area contributed by atoms with Crippen LogP contribution >= 0.6 is 11.8 Å². The van der Waals surface area contributed by atoms with Gasteiger partial charge in [-0.1, -0.05) is 12.1 Å². The molecule has 1 saturated heterocycles. The second-order valence-electron chi connectivity index (χ2n) is 4.62. The number of amides is 2. The van der Waals surface area contributed by atoms with Crippen molar-refractivity contribution < 1.29 is 9.59 Å². The Hall–Kier alpha value is -1.53. The van der Waals surface area contributed by atoms with Gasteiger partial charge in [0.2, 0.25) is 11.8 Å². The summed E-state index contributed by atoms with van der Waals surface area (Å²) in [6.45, 7) is 0.869. The number of carbonyl (C=O) groups is 2. The monoisotopic (exact) mass is 293 g/mol. The lowest BCUT2D eigenvalue weighted by molar-refractivity contribution is -0.120. The van der Waals surface area contributed by atoms with Crippen molar-refractivity contribution in [1.82, 2.24) is 10.6 Å². The van der Waals surface area contributed by atoms with Crippen molar-refractivity contribution in [2.45, 2.75) is 12.5 Å². The van der Waals surface area contributed by atoms with Crippen LogP contribution in [0.15, 0.2) is 24.3 Å². The summed E-state index contributed by atoms with van der Waals surface area (Å²) in [4.78, 5) is 23.3. The number of rotatable bonds is 4. The minimum atomic E-state index is -0.126. The Morgan fingerprint density at radius 3 is 2.70 bits per heavy atom. The highest BCUT2D eigenvalue weighted by molar-refractivity contribution is 7.99. The third-order valence-corrected chi connectivity index (χ3v) is 4.16. The molecule has 0 spiro atoms. The molecule has 1 aromatic rings. The number of thioether (sulfide) groups is 1. The van der Waals surface area contributed by atoms with E-state index in [1.54, 1.807) is 18.8 Å². The van der Waals surface area contributed by atoms with Crippen LogP contribution in [0.4, 0.5) is 5.69 Å².